The molecule has 0 atom stereocenters. The fourth-order valence-electron chi connectivity index (χ4n) is 2.07. The summed E-state index contributed by atoms with van der Waals surface area (Å²) in [4.78, 5) is 27.8. The third-order valence-electron chi connectivity index (χ3n) is 3.35. The van der Waals surface area contributed by atoms with Gasteiger partial charge in [0.2, 0.25) is 5.91 Å². The summed E-state index contributed by atoms with van der Waals surface area (Å²) in [5, 5.41) is 4.70. The van der Waals surface area contributed by atoms with Crippen LogP contribution >= 0.6 is 23.1 Å². The SMILES string of the molecule is CCOC(=O)Cc1csc(SCC(=O)Nc2ccc(C(C)C)cc2)n1. The molecule has 5 nitrogen and oxygen atoms in total. The molecule has 0 aliphatic rings. The summed E-state index contributed by atoms with van der Waals surface area (Å²) in [7, 11) is 0. The molecular weight excluding hydrogens is 356 g/mol. The van der Waals surface area contributed by atoms with Crippen LogP contribution in [0.25, 0.3) is 0 Å². The van der Waals surface area contributed by atoms with Crippen LogP contribution in [0.15, 0.2) is 34.0 Å². The molecule has 2 aromatic rings. The molecule has 0 bridgehead atoms. The summed E-state index contributed by atoms with van der Waals surface area (Å²) in [5.41, 5.74) is 2.71. The molecule has 7 heteroatoms. The Hall–Kier alpha value is -1.86. The van der Waals surface area contributed by atoms with E-state index in [1.54, 1.807) is 6.92 Å². The Morgan fingerprint density at radius 3 is 2.64 bits per heavy atom. The van der Waals surface area contributed by atoms with Crippen molar-refractivity contribution >= 4 is 40.7 Å². The number of esters is 1. The topological polar surface area (TPSA) is 68.3 Å². The number of benzene rings is 1. The summed E-state index contributed by atoms with van der Waals surface area (Å²) in [6.45, 7) is 6.40. The normalized spacial score (nSPS) is 10.7. The number of ether oxygens (including phenoxy) is 1. The van der Waals surface area contributed by atoms with Crippen molar-refractivity contribution in [3.63, 3.8) is 0 Å². The summed E-state index contributed by atoms with van der Waals surface area (Å²) >= 11 is 2.79. The van der Waals surface area contributed by atoms with Crippen molar-refractivity contribution in [3.8, 4) is 0 Å². The van der Waals surface area contributed by atoms with E-state index in [9.17, 15) is 9.59 Å². The number of rotatable bonds is 8. The van der Waals surface area contributed by atoms with E-state index >= 15 is 0 Å². The molecule has 134 valence electrons. The van der Waals surface area contributed by atoms with E-state index in [1.165, 1.54) is 28.7 Å². The van der Waals surface area contributed by atoms with Gasteiger partial charge in [-0.2, -0.15) is 0 Å². The molecule has 1 N–H and O–H groups in total. The molecular formula is C18H22N2O3S2. The van der Waals surface area contributed by atoms with Crippen LogP contribution in [-0.2, 0) is 20.7 Å². The average Bonchev–Trinajstić information content (AvgIpc) is 3.01. The lowest BCUT2D eigenvalue weighted by molar-refractivity contribution is -0.142. The molecule has 0 saturated heterocycles. The minimum absolute atomic E-state index is 0.0792. The Balaban J connectivity index is 1.80. The molecule has 1 heterocycles. The average molecular weight is 379 g/mol. The number of thioether (sulfide) groups is 1. The fraction of sp³-hybridized carbons (Fsp3) is 0.389. The number of aromatic nitrogens is 1. The predicted molar refractivity (Wildman–Crippen MR) is 102 cm³/mol. The van der Waals surface area contributed by atoms with E-state index in [1.807, 2.05) is 29.6 Å². The first-order valence-corrected chi connectivity index (χ1v) is 9.97. The van der Waals surface area contributed by atoms with Crippen molar-refractivity contribution in [3.05, 3.63) is 40.9 Å². The lowest BCUT2D eigenvalue weighted by atomic mass is 10.0. The molecule has 0 spiro atoms. The number of carbonyl (C=O) groups excluding carboxylic acids is 2. The van der Waals surface area contributed by atoms with Crippen LogP contribution in [0, 0.1) is 0 Å². The first kappa shape index (κ1) is 19.5. The third kappa shape index (κ3) is 6.51. The smallest absolute Gasteiger partial charge is 0.311 e. The maximum atomic E-state index is 12.0. The molecule has 1 aromatic carbocycles. The van der Waals surface area contributed by atoms with Gasteiger partial charge in [-0.3, -0.25) is 9.59 Å². The lowest BCUT2D eigenvalue weighted by Gasteiger charge is -2.08. The second-order valence-electron chi connectivity index (χ2n) is 5.70. The van der Waals surface area contributed by atoms with Crippen LogP contribution in [0.1, 0.15) is 37.9 Å². The Kier molecular flexibility index (Phi) is 7.46. The van der Waals surface area contributed by atoms with E-state index in [2.05, 4.69) is 24.1 Å². The van der Waals surface area contributed by atoms with Crippen LogP contribution < -0.4 is 5.32 Å². The number of hydrogen-bond acceptors (Lipinski definition) is 6. The third-order valence-corrected chi connectivity index (χ3v) is 5.42. The van der Waals surface area contributed by atoms with Gasteiger partial charge < -0.3 is 10.1 Å². The second-order valence-corrected chi connectivity index (χ2v) is 7.78. The van der Waals surface area contributed by atoms with E-state index in [0.29, 0.717) is 18.2 Å². The minimum atomic E-state index is -0.285. The molecule has 0 unspecified atom stereocenters. The zero-order valence-electron chi connectivity index (χ0n) is 14.6. The van der Waals surface area contributed by atoms with Crippen LogP contribution in [0.3, 0.4) is 0 Å². The van der Waals surface area contributed by atoms with Gasteiger partial charge in [0.25, 0.3) is 0 Å². The highest BCUT2D eigenvalue weighted by Crippen LogP contribution is 2.23. The van der Waals surface area contributed by atoms with E-state index in [4.69, 9.17) is 4.74 Å². The standard InChI is InChI=1S/C18H22N2O3S2/c1-4-23-17(22)9-15-10-24-18(20-15)25-11-16(21)19-14-7-5-13(6-8-14)12(2)3/h5-8,10,12H,4,9,11H2,1-3H3,(H,19,21). The van der Waals surface area contributed by atoms with Crippen LogP contribution in [0.2, 0.25) is 0 Å². The molecule has 0 radical (unpaired) electrons. The van der Waals surface area contributed by atoms with Gasteiger partial charge in [0, 0.05) is 11.1 Å². The van der Waals surface area contributed by atoms with Gasteiger partial charge in [-0.25, -0.2) is 4.98 Å². The second kappa shape index (κ2) is 9.58. The number of amides is 1. The van der Waals surface area contributed by atoms with Crippen molar-refractivity contribution in [1.82, 2.24) is 4.98 Å². The number of carbonyl (C=O) groups is 2. The summed E-state index contributed by atoms with van der Waals surface area (Å²) in [5.74, 6) is 0.378. The Bertz CT molecular complexity index is 711. The van der Waals surface area contributed by atoms with E-state index in [-0.39, 0.29) is 24.1 Å². The quantitative estimate of drug-likeness (QED) is 0.553. The number of nitrogens with one attached hydrogen (secondary N) is 1. The molecule has 25 heavy (non-hydrogen) atoms. The molecule has 0 saturated carbocycles. The number of anilines is 1. The van der Waals surface area contributed by atoms with Crippen LogP contribution in [0.4, 0.5) is 5.69 Å². The van der Waals surface area contributed by atoms with Crippen LogP contribution in [-0.4, -0.2) is 29.2 Å². The molecule has 0 aliphatic carbocycles. The van der Waals surface area contributed by atoms with Crippen molar-refractivity contribution in [1.29, 1.82) is 0 Å². The zero-order valence-corrected chi connectivity index (χ0v) is 16.2. The zero-order chi connectivity index (χ0) is 18.2. The van der Waals surface area contributed by atoms with Gasteiger partial charge in [-0.1, -0.05) is 37.7 Å². The maximum absolute atomic E-state index is 12.0. The number of nitrogens with zero attached hydrogens (tertiary/aromatic N) is 1. The minimum Gasteiger partial charge on any atom is -0.466 e. The predicted octanol–water partition coefficient (Wildman–Crippen LogP) is 4.10. The Morgan fingerprint density at radius 2 is 2.00 bits per heavy atom. The van der Waals surface area contributed by atoms with Crippen LogP contribution in [0.5, 0.6) is 0 Å². The fourth-order valence-corrected chi connectivity index (χ4v) is 3.72. The van der Waals surface area contributed by atoms with Gasteiger partial charge in [0.1, 0.15) is 0 Å². The maximum Gasteiger partial charge on any atom is 0.311 e. The van der Waals surface area contributed by atoms with Crippen molar-refractivity contribution in [2.75, 3.05) is 17.7 Å². The molecule has 0 fully saturated rings. The number of hydrogen-bond donors (Lipinski definition) is 1. The van der Waals surface area contributed by atoms with Crippen molar-refractivity contribution in [2.45, 2.75) is 37.4 Å². The first-order valence-electron chi connectivity index (χ1n) is 8.10. The first-order chi connectivity index (χ1) is 12.0. The monoisotopic (exact) mass is 378 g/mol. The summed E-state index contributed by atoms with van der Waals surface area (Å²) in [6, 6.07) is 7.88. The lowest BCUT2D eigenvalue weighted by Crippen LogP contribution is -2.14. The van der Waals surface area contributed by atoms with Crippen molar-refractivity contribution < 1.29 is 14.3 Å². The summed E-state index contributed by atoms with van der Waals surface area (Å²) < 4.78 is 5.67. The Labute approximate surface area is 156 Å². The highest BCUT2D eigenvalue weighted by Gasteiger charge is 2.10. The van der Waals surface area contributed by atoms with Gasteiger partial charge in [0.15, 0.2) is 4.34 Å². The molecule has 0 aliphatic heterocycles. The van der Waals surface area contributed by atoms with E-state index < -0.39 is 0 Å². The van der Waals surface area contributed by atoms with Gasteiger partial charge in [0.05, 0.1) is 24.5 Å². The van der Waals surface area contributed by atoms with Gasteiger partial charge in [-0.15, -0.1) is 11.3 Å². The molecule has 1 aromatic heterocycles. The van der Waals surface area contributed by atoms with Gasteiger partial charge in [-0.05, 0) is 30.5 Å². The molecule has 1 amide bonds. The molecule has 2 rings (SSSR count). The van der Waals surface area contributed by atoms with E-state index in [0.717, 1.165) is 10.0 Å². The largest absolute Gasteiger partial charge is 0.466 e. The van der Waals surface area contributed by atoms with Crippen molar-refractivity contribution in [2.24, 2.45) is 0 Å². The number of thiazole rings is 1. The van der Waals surface area contributed by atoms with Gasteiger partial charge >= 0.3 is 5.97 Å². The summed E-state index contributed by atoms with van der Waals surface area (Å²) in [6.07, 6.45) is 0.166. The Morgan fingerprint density at radius 1 is 1.28 bits per heavy atom. The highest BCUT2D eigenvalue weighted by atomic mass is 32.2. The highest BCUT2D eigenvalue weighted by molar-refractivity contribution is 8.01.